The Morgan fingerprint density at radius 3 is 2.23 bits per heavy atom. The Morgan fingerprint density at radius 1 is 0.839 bits per heavy atom. The SMILES string of the molecule is CCC(CC[C@@H](C)[C@H]1CCC2C3CCC4C[C@@H](OC)CC[C@]4(C)C3CC[C@@]21C)C(C)C. The molecule has 4 aliphatic carbocycles. The lowest BCUT2D eigenvalue weighted by Crippen LogP contribution is -2.54. The number of methoxy groups -OCH3 is 1. The maximum atomic E-state index is 5.81. The molecular weight excluding hydrogens is 376 g/mol. The average molecular weight is 431 g/mol. The van der Waals surface area contributed by atoms with Gasteiger partial charge in [-0.3, -0.25) is 0 Å². The summed E-state index contributed by atoms with van der Waals surface area (Å²) < 4.78 is 5.81. The molecule has 0 N–H and O–H groups in total. The molecule has 10 atom stereocenters. The fraction of sp³-hybridized carbons (Fsp3) is 1.00. The van der Waals surface area contributed by atoms with Crippen LogP contribution in [0, 0.1) is 58.2 Å². The van der Waals surface area contributed by atoms with Crippen LogP contribution >= 0.6 is 0 Å². The first-order chi connectivity index (χ1) is 14.7. The van der Waals surface area contributed by atoms with Crippen LogP contribution in [0.2, 0.25) is 0 Å². The molecule has 0 aliphatic heterocycles. The van der Waals surface area contributed by atoms with E-state index in [1.54, 1.807) is 0 Å². The molecule has 0 heterocycles. The Kier molecular flexibility index (Phi) is 7.23. The molecule has 0 bridgehead atoms. The fourth-order valence-electron chi connectivity index (χ4n) is 10.1. The van der Waals surface area contributed by atoms with Gasteiger partial charge in [-0.2, -0.15) is 0 Å². The summed E-state index contributed by atoms with van der Waals surface area (Å²) in [5.41, 5.74) is 1.24. The first-order valence-electron chi connectivity index (χ1n) is 14.3. The Hall–Kier alpha value is -0.0400. The Bertz CT molecular complexity index is 597. The van der Waals surface area contributed by atoms with Gasteiger partial charge in [0.1, 0.15) is 0 Å². The fourth-order valence-corrected chi connectivity index (χ4v) is 10.1. The molecular formula is C30H54O. The van der Waals surface area contributed by atoms with Crippen molar-refractivity contribution in [2.45, 2.75) is 125 Å². The molecule has 4 saturated carbocycles. The molecule has 180 valence electrons. The van der Waals surface area contributed by atoms with Crippen molar-refractivity contribution < 1.29 is 4.74 Å². The Morgan fingerprint density at radius 2 is 1.55 bits per heavy atom. The Balaban J connectivity index is 1.44. The zero-order valence-corrected chi connectivity index (χ0v) is 22.1. The van der Waals surface area contributed by atoms with E-state index in [1.165, 1.54) is 77.0 Å². The summed E-state index contributed by atoms with van der Waals surface area (Å²) in [6.45, 7) is 15.4. The van der Waals surface area contributed by atoms with E-state index in [0.717, 1.165) is 47.3 Å². The van der Waals surface area contributed by atoms with Crippen molar-refractivity contribution in [1.29, 1.82) is 0 Å². The summed E-state index contributed by atoms with van der Waals surface area (Å²) in [6, 6.07) is 0. The molecule has 0 aromatic rings. The molecule has 0 aromatic carbocycles. The summed E-state index contributed by atoms with van der Waals surface area (Å²) in [7, 11) is 1.94. The van der Waals surface area contributed by atoms with E-state index in [1.807, 2.05) is 7.11 Å². The summed E-state index contributed by atoms with van der Waals surface area (Å²) >= 11 is 0. The smallest absolute Gasteiger partial charge is 0.0574 e. The van der Waals surface area contributed by atoms with Gasteiger partial charge in [0.05, 0.1) is 6.10 Å². The van der Waals surface area contributed by atoms with Gasteiger partial charge < -0.3 is 4.74 Å². The second kappa shape index (κ2) is 9.31. The van der Waals surface area contributed by atoms with Crippen molar-refractivity contribution in [3.8, 4) is 0 Å². The van der Waals surface area contributed by atoms with E-state index in [-0.39, 0.29) is 0 Å². The van der Waals surface area contributed by atoms with Gasteiger partial charge in [0.25, 0.3) is 0 Å². The lowest BCUT2D eigenvalue weighted by Gasteiger charge is -2.61. The maximum Gasteiger partial charge on any atom is 0.0574 e. The monoisotopic (exact) mass is 430 g/mol. The molecule has 4 fully saturated rings. The number of ether oxygens (including phenoxy) is 1. The lowest BCUT2D eigenvalue weighted by molar-refractivity contribution is -0.133. The van der Waals surface area contributed by atoms with E-state index in [2.05, 4.69) is 41.5 Å². The van der Waals surface area contributed by atoms with Gasteiger partial charge in [-0.05, 0) is 122 Å². The summed E-state index contributed by atoms with van der Waals surface area (Å²) in [5.74, 6) is 7.65. The van der Waals surface area contributed by atoms with Crippen LogP contribution in [0.3, 0.4) is 0 Å². The molecule has 5 unspecified atom stereocenters. The number of rotatable bonds is 7. The minimum Gasteiger partial charge on any atom is -0.381 e. The van der Waals surface area contributed by atoms with Gasteiger partial charge in [0.15, 0.2) is 0 Å². The first-order valence-corrected chi connectivity index (χ1v) is 14.3. The van der Waals surface area contributed by atoms with Gasteiger partial charge in [-0.25, -0.2) is 0 Å². The maximum absolute atomic E-state index is 5.81. The molecule has 0 saturated heterocycles. The van der Waals surface area contributed by atoms with E-state index in [4.69, 9.17) is 4.74 Å². The topological polar surface area (TPSA) is 9.23 Å². The van der Waals surface area contributed by atoms with E-state index in [0.29, 0.717) is 16.9 Å². The molecule has 1 heteroatoms. The van der Waals surface area contributed by atoms with E-state index >= 15 is 0 Å². The van der Waals surface area contributed by atoms with Crippen molar-refractivity contribution >= 4 is 0 Å². The Labute approximate surface area is 194 Å². The highest BCUT2D eigenvalue weighted by Crippen LogP contribution is 2.68. The largest absolute Gasteiger partial charge is 0.381 e. The van der Waals surface area contributed by atoms with Gasteiger partial charge in [-0.15, -0.1) is 0 Å². The molecule has 1 nitrogen and oxygen atoms in total. The zero-order chi connectivity index (χ0) is 22.4. The van der Waals surface area contributed by atoms with Crippen molar-refractivity contribution in [2.75, 3.05) is 7.11 Å². The molecule has 0 spiro atoms. The third kappa shape index (κ3) is 4.17. The molecule has 0 amide bonds. The van der Waals surface area contributed by atoms with E-state index in [9.17, 15) is 0 Å². The van der Waals surface area contributed by atoms with Gasteiger partial charge in [0.2, 0.25) is 0 Å². The van der Waals surface area contributed by atoms with Crippen LogP contribution < -0.4 is 0 Å². The minimum atomic E-state index is 0.540. The second-order valence-electron chi connectivity index (χ2n) is 13.5. The highest BCUT2D eigenvalue weighted by molar-refractivity contribution is 5.09. The summed E-state index contributed by atoms with van der Waals surface area (Å²) in [5, 5.41) is 0. The molecule has 0 radical (unpaired) electrons. The second-order valence-corrected chi connectivity index (χ2v) is 13.5. The van der Waals surface area contributed by atoms with Crippen molar-refractivity contribution in [1.82, 2.24) is 0 Å². The van der Waals surface area contributed by atoms with Crippen molar-refractivity contribution in [2.24, 2.45) is 58.2 Å². The van der Waals surface area contributed by atoms with Crippen LogP contribution in [-0.4, -0.2) is 13.2 Å². The van der Waals surface area contributed by atoms with Gasteiger partial charge in [0, 0.05) is 7.11 Å². The summed E-state index contributed by atoms with van der Waals surface area (Å²) in [4.78, 5) is 0. The third-order valence-corrected chi connectivity index (χ3v) is 12.2. The van der Waals surface area contributed by atoms with Crippen LogP contribution in [0.5, 0.6) is 0 Å². The molecule has 4 rings (SSSR count). The van der Waals surface area contributed by atoms with Crippen LogP contribution in [0.25, 0.3) is 0 Å². The third-order valence-electron chi connectivity index (χ3n) is 12.2. The van der Waals surface area contributed by atoms with E-state index < -0.39 is 0 Å². The average Bonchev–Trinajstić information content (AvgIpc) is 3.10. The first kappa shape index (κ1) is 24.1. The predicted octanol–water partition coefficient (Wildman–Crippen LogP) is 8.76. The molecule has 4 aliphatic rings. The predicted molar refractivity (Wildman–Crippen MR) is 133 cm³/mol. The number of fused-ring (bicyclic) bond motifs is 5. The van der Waals surface area contributed by atoms with Crippen LogP contribution in [0.15, 0.2) is 0 Å². The highest BCUT2D eigenvalue weighted by atomic mass is 16.5. The van der Waals surface area contributed by atoms with Crippen LogP contribution in [-0.2, 0) is 4.74 Å². The zero-order valence-electron chi connectivity index (χ0n) is 22.1. The van der Waals surface area contributed by atoms with Crippen molar-refractivity contribution in [3.05, 3.63) is 0 Å². The highest BCUT2D eigenvalue weighted by Gasteiger charge is 2.60. The normalized spacial score (nSPS) is 46.8. The minimum absolute atomic E-state index is 0.540. The van der Waals surface area contributed by atoms with Gasteiger partial charge >= 0.3 is 0 Å². The molecule has 0 aromatic heterocycles. The van der Waals surface area contributed by atoms with Crippen LogP contribution in [0.1, 0.15) is 119 Å². The quantitative estimate of drug-likeness (QED) is 0.392. The van der Waals surface area contributed by atoms with Gasteiger partial charge in [-0.1, -0.05) is 54.4 Å². The number of hydrogen-bond donors (Lipinski definition) is 0. The van der Waals surface area contributed by atoms with Crippen LogP contribution in [0.4, 0.5) is 0 Å². The standard InChI is InChI=1S/C30H54O/c1-8-22(20(2)3)10-9-21(4)26-13-14-27-25-12-11-23-19-24(31-7)15-17-29(23,5)28(25)16-18-30(26,27)6/h20-28H,8-19H2,1-7H3/t21-,22?,23?,24+,25?,26-,27?,28?,29+,30-/m1/s1. The summed E-state index contributed by atoms with van der Waals surface area (Å²) in [6.07, 6.45) is 18.0. The van der Waals surface area contributed by atoms with Crippen molar-refractivity contribution in [3.63, 3.8) is 0 Å². The lowest BCUT2D eigenvalue weighted by atomic mass is 9.44. The molecule has 31 heavy (non-hydrogen) atoms. The number of hydrogen-bond acceptors (Lipinski definition) is 1.